The van der Waals surface area contributed by atoms with Crippen LogP contribution in [0.5, 0.6) is 11.5 Å². The summed E-state index contributed by atoms with van der Waals surface area (Å²) in [4.78, 5) is 10.3. The fourth-order valence-electron chi connectivity index (χ4n) is 1.86. The normalized spacial score (nSPS) is 13.9. The van der Waals surface area contributed by atoms with Crippen LogP contribution in [0.3, 0.4) is 0 Å². The van der Waals surface area contributed by atoms with Crippen molar-refractivity contribution in [2.45, 2.75) is 19.0 Å². The van der Waals surface area contributed by atoms with Gasteiger partial charge in [0.05, 0.1) is 0 Å². The van der Waals surface area contributed by atoms with Crippen molar-refractivity contribution in [1.29, 1.82) is 0 Å². The van der Waals surface area contributed by atoms with Crippen LogP contribution in [0, 0.1) is 0 Å². The molecule has 0 unspecified atom stereocenters. The van der Waals surface area contributed by atoms with Crippen molar-refractivity contribution >= 4 is 5.97 Å². The molecule has 1 aliphatic heterocycles. The maximum absolute atomic E-state index is 12.9. The Hall–Kier alpha value is -2.18. The van der Waals surface area contributed by atoms with Gasteiger partial charge in [0.15, 0.2) is 11.5 Å². The zero-order valence-electron chi connectivity index (χ0n) is 10.2. The molecule has 20 heavy (non-hydrogen) atoms. The molecule has 0 spiro atoms. The SMILES string of the molecule is O=C(O)/C=C/CCc1cc2c(c(C(F)(F)F)c1)OCO2. The Labute approximate surface area is 112 Å². The summed E-state index contributed by atoms with van der Waals surface area (Å²) in [6.45, 7) is -0.235. The Morgan fingerprint density at radius 3 is 2.75 bits per heavy atom. The van der Waals surface area contributed by atoms with E-state index in [-0.39, 0.29) is 24.7 Å². The molecule has 4 nitrogen and oxygen atoms in total. The topological polar surface area (TPSA) is 55.8 Å². The summed E-state index contributed by atoms with van der Waals surface area (Å²) >= 11 is 0. The summed E-state index contributed by atoms with van der Waals surface area (Å²) in [6.07, 6.45) is -1.57. The summed E-state index contributed by atoms with van der Waals surface area (Å²) in [7, 11) is 0. The van der Waals surface area contributed by atoms with Crippen molar-refractivity contribution in [3.05, 3.63) is 35.4 Å². The number of halogens is 3. The van der Waals surface area contributed by atoms with Crippen LogP contribution >= 0.6 is 0 Å². The number of carboxylic acid groups (broad SMARTS) is 1. The molecular formula is C13H11F3O4. The molecule has 0 saturated heterocycles. The van der Waals surface area contributed by atoms with Crippen molar-refractivity contribution in [3.63, 3.8) is 0 Å². The minimum Gasteiger partial charge on any atom is -0.478 e. The van der Waals surface area contributed by atoms with Gasteiger partial charge in [-0.2, -0.15) is 13.2 Å². The van der Waals surface area contributed by atoms with Crippen LogP contribution in [0.25, 0.3) is 0 Å². The highest BCUT2D eigenvalue weighted by Gasteiger charge is 2.38. The lowest BCUT2D eigenvalue weighted by atomic mass is 10.0. The van der Waals surface area contributed by atoms with Crippen LogP contribution < -0.4 is 9.47 Å². The van der Waals surface area contributed by atoms with Gasteiger partial charge in [-0.25, -0.2) is 4.79 Å². The van der Waals surface area contributed by atoms with Gasteiger partial charge >= 0.3 is 12.1 Å². The predicted molar refractivity (Wildman–Crippen MR) is 62.7 cm³/mol. The van der Waals surface area contributed by atoms with Gasteiger partial charge in [0.25, 0.3) is 0 Å². The number of aryl methyl sites for hydroxylation is 1. The second-order valence-electron chi connectivity index (χ2n) is 4.15. The van der Waals surface area contributed by atoms with Crippen molar-refractivity contribution in [2.24, 2.45) is 0 Å². The first-order valence-electron chi connectivity index (χ1n) is 5.77. The number of alkyl halides is 3. The van der Waals surface area contributed by atoms with E-state index in [1.807, 2.05) is 0 Å². The first-order chi connectivity index (χ1) is 9.38. The summed E-state index contributed by atoms with van der Waals surface area (Å²) < 4.78 is 48.5. The molecule has 0 saturated carbocycles. The molecule has 0 aromatic heterocycles. The maximum atomic E-state index is 12.9. The van der Waals surface area contributed by atoms with Crippen LogP contribution in [0.15, 0.2) is 24.3 Å². The van der Waals surface area contributed by atoms with E-state index in [9.17, 15) is 18.0 Å². The van der Waals surface area contributed by atoms with Crippen LogP contribution in [0.2, 0.25) is 0 Å². The van der Waals surface area contributed by atoms with E-state index in [1.54, 1.807) is 0 Å². The Morgan fingerprint density at radius 2 is 2.10 bits per heavy atom. The summed E-state index contributed by atoms with van der Waals surface area (Å²) in [5.41, 5.74) is -0.457. The minimum atomic E-state index is -4.52. The molecule has 0 atom stereocenters. The number of hydrogen-bond acceptors (Lipinski definition) is 3. The largest absolute Gasteiger partial charge is 0.478 e. The lowest BCUT2D eigenvalue weighted by Crippen LogP contribution is -2.07. The third-order valence-corrected chi connectivity index (χ3v) is 2.70. The van der Waals surface area contributed by atoms with Crippen LogP contribution in [0.4, 0.5) is 13.2 Å². The molecule has 2 rings (SSSR count). The maximum Gasteiger partial charge on any atom is 0.420 e. The van der Waals surface area contributed by atoms with E-state index < -0.39 is 17.7 Å². The molecule has 0 fully saturated rings. The van der Waals surface area contributed by atoms with Gasteiger partial charge in [-0.05, 0) is 30.5 Å². The zero-order chi connectivity index (χ0) is 14.8. The zero-order valence-corrected chi connectivity index (χ0v) is 10.2. The average Bonchev–Trinajstić information content (AvgIpc) is 2.80. The number of rotatable bonds is 4. The number of aliphatic carboxylic acids is 1. The van der Waals surface area contributed by atoms with E-state index in [1.165, 1.54) is 12.1 Å². The van der Waals surface area contributed by atoms with Gasteiger partial charge in [0, 0.05) is 6.08 Å². The summed E-state index contributed by atoms with van der Waals surface area (Å²) in [5, 5.41) is 8.42. The second-order valence-corrected chi connectivity index (χ2v) is 4.15. The molecule has 0 amide bonds. The Morgan fingerprint density at radius 1 is 1.35 bits per heavy atom. The molecule has 1 aliphatic rings. The third-order valence-electron chi connectivity index (χ3n) is 2.70. The number of ether oxygens (including phenoxy) is 2. The summed E-state index contributed by atoms with van der Waals surface area (Å²) in [5.74, 6) is -1.31. The molecule has 1 N–H and O–H groups in total. The quantitative estimate of drug-likeness (QED) is 0.865. The van der Waals surface area contributed by atoms with Crippen molar-refractivity contribution < 1.29 is 32.5 Å². The summed E-state index contributed by atoms with van der Waals surface area (Å²) in [6, 6.07) is 2.48. The van der Waals surface area contributed by atoms with E-state index in [4.69, 9.17) is 14.6 Å². The van der Waals surface area contributed by atoms with E-state index >= 15 is 0 Å². The van der Waals surface area contributed by atoms with Crippen molar-refractivity contribution in [1.82, 2.24) is 0 Å². The van der Waals surface area contributed by atoms with Gasteiger partial charge in [-0.1, -0.05) is 6.08 Å². The molecule has 1 heterocycles. The first kappa shape index (κ1) is 14.2. The standard InChI is InChI=1S/C13H11F3O4/c14-13(15,16)9-5-8(3-1-2-4-11(17)18)6-10-12(9)20-7-19-10/h2,4-6H,1,3,7H2,(H,17,18)/b4-2+. The number of hydrogen-bond donors (Lipinski definition) is 1. The van der Waals surface area contributed by atoms with Gasteiger partial charge in [-0.15, -0.1) is 0 Å². The minimum absolute atomic E-state index is 0.0667. The predicted octanol–water partition coefficient (Wildman–Crippen LogP) is 3.01. The number of carbonyl (C=O) groups is 1. The smallest absolute Gasteiger partial charge is 0.420 e. The highest BCUT2D eigenvalue weighted by molar-refractivity contribution is 5.79. The Balaban J connectivity index is 2.21. The van der Waals surface area contributed by atoms with Crippen LogP contribution in [-0.2, 0) is 17.4 Å². The molecular weight excluding hydrogens is 277 g/mol. The number of carboxylic acids is 1. The van der Waals surface area contributed by atoms with E-state index in [0.29, 0.717) is 12.0 Å². The number of benzene rings is 1. The van der Waals surface area contributed by atoms with E-state index in [0.717, 1.165) is 12.1 Å². The fraction of sp³-hybridized carbons (Fsp3) is 0.308. The molecule has 108 valence electrons. The molecule has 1 aromatic rings. The number of allylic oxidation sites excluding steroid dienone is 1. The van der Waals surface area contributed by atoms with Gasteiger partial charge in [0.1, 0.15) is 5.56 Å². The number of fused-ring (bicyclic) bond motifs is 1. The molecule has 1 aromatic carbocycles. The second kappa shape index (κ2) is 5.44. The third kappa shape index (κ3) is 3.23. The van der Waals surface area contributed by atoms with Gasteiger partial charge in [0.2, 0.25) is 6.79 Å². The first-order valence-corrected chi connectivity index (χ1v) is 5.77. The van der Waals surface area contributed by atoms with Crippen LogP contribution in [0.1, 0.15) is 17.5 Å². The lowest BCUT2D eigenvalue weighted by Gasteiger charge is -2.11. The van der Waals surface area contributed by atoms with Crippen LogP contribution in [-0.4, -0.2) is 17.9 Å². The van der Waals surface area contributed by atoms with E-state index in [2.05, 4.69) is 0 Å². The van der Waals surface area contributed by atoms with Crippen molar-refractivity contribution in [3.8, 4) is 11.5 Å². The van der Waals surface area contributed by atoms with Gasteiger partial charge in [-0.3, -0.25) is 0 Å². The molecule has 7 heteroatoms. The van der Waals surface area contributed by atoms with Gasteiger partial charge < -0.3 is 14.6 Å². The fourth-order valence-corrected chi connectivity index (χ4v) is 1.86. The highest BCUT2D eigenvalue weighted by Crippen LogP contribution is 2.44. The molecule has 0 bridgehead atoms. The lowest BCUT2D eigenvalue weighted by molar-refractivity contribution is -0.138. The average molecular weight is 288 g/mol. The monoisotopic (exact) mass is 288 g/mol. The Bertz CT molecular complexity index is 549. The molecule has 0 aliphatic carbocycles. The van der Waals surface area contributed by atoms with Crippen molar-refractivity contribution in [2.75, 3.05) is 6.79 Å². The molecule has 0 radical (unpaired) electrons. The Kier molecular flexibility index (Phi) is 3.87. The highest BCUT2D eigenvalue weighted by atomic mass is 19.4.